The summed E-state index contributed by atoms with van der Waals surface area (Å²) in [7, 11) is 0. The van der Waals surface area contributed by atoms with E-state index in [0.717, 1.165) is 11.3 Å². The van der Waals surface area contributed by atoms with Gasteiger partial charge in [0.05, 0.1) is 5.70 Å². The smallest absolute Gasteiger partial charge is 0.211 e. The van der Waals surface area contributed by atoms with Crippen molar-refractivity contribution in [3.8, 4) is 0 Å². The first kappa shape index (κ1) is 27.7. The molecule has 0 bridgehead atoms. The minimum absolute atomic E-state index is 0.00319. The third-order valence-electron chi connectivity index (χ3n) is 7.41. The highest BCUT2D eigenvalue weighted by Gasteiger charge is 2.27. The molecule has 3 aromatic rings. The summed E-state index contributed by atoms with van der Waals surface area (Å²) in [6, 6.07) is 23.8. The Morgan fingerprint density at radius 2 is 1.21 bits per heavy atom. The molecular weight excluding hydrogens is 464 g/mol. The highest BCUT2D eigenvalue weighted by atomic mass is 16.5. The predicted octanol–water partition coefficient (Wildman–Crippen LogP) is 9.80. The van der Waals surface area contributed by atoms with Crippen molar-refractivity contribution in [1.29, 1.82) is 0 Å². The van der Waals surface area contributed by atoms with Crippen molar-refractivity contribution in [2.24, 2.45) is 4.99 Å². The maximum Gasteiger partial charge on any atom is 0.211 e. The van der Waals surface area contributed by atoms with Gasteiger partial charge in [-0.05, 0) is 57.1 Å². The van der Waals surface area contributed by atoms with Crippen molar-refractivity contribution >= 4 is 17.3 Å². The molecule has 200 valence electrons. The van der Waals surface area contributed by atoms with E-state index in [1.54, 1.807) is 0 Å². The van der Waals surface area contributed by atoms with E-state index >= 15 is 0 Å². The molecule has 3 aromatic carbocycles. The third kappa shape index (κ3) is 6.04. The van der Waals surface area contributed by atoms with Gasteiger partial charge in [-0.3, -0.25) is 0 Å². The Morgan fingerprint density at radius 1 is 0.711 bits per heavy atom. The Bertz CT molecular complexity index is 1250. The average molecular weight is 509 g/mol. The minimum Gasteiger partial charge on any atom is -0.475 e. The van der Waals surface area contributed by atoms with E-state index in [4.69, 9.17) is 9.73 Å². The fourth-order valence-corrected chi connectivity index (χ4v) is 5.38. The molecule has 3 nitrogen and oxygen atoms in total. The second-order valence-electron chi connectivity index (χ2n) is 11.6. The van der Waals surface area contributed by atoms with E-state index in [1.165, 1.54) is 33.5 Å². The van der Waals surface area contributed by atoms with Gasteiger partial charge in [0, 0.05) is 11.8 Å². The standard InChI is InChI=1S/C35H44N2O/c1-22(2)27-16-12-17-28(23(3)4)34(27)32-21-38-33(36-32)20-31(26-14-10-9-11-15-26)37-35-29(24(5)6)18-13-19-30(35)25(7)8/h9-20,22-25,32,37H,21H2,1-8H3. The van der Waals surface area contributed by atoms with Crippen LogP contribution in [0.3, 0.4) is 0 Å². The maximum absolute atomic E-state index is 6.27. The molecule has 3 heteroatoms. The van der Waals surface area contributed by atoms with Crippen molar-refractivity contribution in [3.63, 3.8) is 0 Å². The number of aliphatic imine (C=N–C) groups is 1. The van der Waals surface area contributed by atoms with Gasteiger partial charge < -0.3 is 10.1 Å². The van der Waals surface area contributed by atoms with Gasteiger partial charge >= 0.3 is 0 Å². The lowest BCUT2D eigenvalue weighted by Crippen LogP contribution is -2.09. The molecule has 1 N–H and O–H groups in total. The summed E-state index contributed by atoms with van der Waals surface area (Å²) in [5, 5.41) is 3.84. The first-order chi connectivity index (χ1) is 18.2. The van der Waals surface area contributed by atoms with Crippen molar-refractivity contribution in [2.75, 3.05) is 11.9 Å². The van der Waals surface area contributed by atoms with E-state index in [0.29, 0.717) is 36.2 Å². The normalized spacial score (nSPS) is 15.9. The first-order valence-corrected chi connectivity index (χ1v) is 14.2. The molecule has 0 fully saturated rings. The summed E-state index contributed by atoms with van der Waals surface area (Å²) in [4.78, 5) is 5.14. The predicted molar refractivity (Wildman–Crippen MR) is 163 cm³/mol. The van der Waals surface area contributed by atoms with Gasteiger partial charge in [0.2, 0.25) is 5.90 Å². The van der Waals surface area contributed by atoms with Crippen LogP contribution >= 0.6 is 0 Å². The molecule has 1 unspecified atom stereocenters. The van der Waals surface area contributed by atoms with Crippen LogP contribution in [0.15, 0.2) is 77.8 Å². The van der Waals surface area contributed by atoms with Crippen molar-refractivity contribution < 1.29 is 4.74 Å². The van der Waals surface area contributed by atoms with Crippen LogP contribution in [-0.4, -0.2) is 12.5 Å². The highest BCUT2D eigenvalue weighted by molar-refractivity contribution is 5.99. The topological polar surface area (TPSA) is 33.6 Å². The molecule has 0 aromatic heterocycles. The molecule has 0 spiro atoms. The largest absolute Gasteiger partial charge is 0.475 e. The third-order valence-corrected chi connectivity index (χ3v) is 7.41. The zero-order chi connectivity index (χ0) is 27.4. The van der Waals surface area contributed by atoms with Crippen LogP contribution in [-0.2, 0) is 4.74 Å². The van der Waals surface area contributed by atoms with Gasteiger partial charge in [-0.1, -0.05) is 122 Å². The molecule has 0 saturated carbocycles. The van der Waals surface area contributed by atoms with Gasteiger partial charge in [-0.15, -0.1) is 0 Å². The molecular formula is C35H44N2O. The fourth-order valence-electron chi connectivity index (χ4n) is 5.38. The van der Waals surface area contributed by atoms with Crippen molar-refractivity contribution in [1.82, 2.24) is 0 Å². The average Bonchev–Trinajstić information content (AvgIpc) is 3.36. The van der Waals surface area contributed by atoms with Crippen LogP contribution in [0.5, 0.6) is 0 Å². The number of hydrogen-bond donors (Lipinski definition) is 1. The fraction of sp³-hybridized carbons (Fsp3) is 0.400. The number of ether oxygens (including phenoxy) is 1. The van der Waals surface area contributed by atoms with Gasteiger partial charge in [0.15, 0.2) is 0 Å². The Hall–Kier alpha value is -3.33. The Kier molecular flexibility index (Phi) is 8.76. The number of nitrogens with one attached hydrogen (secondary N) is 1. The number of benzene rings is 3. The second kappa shape index (κ2) is 12.0. The molecule has 4 rings (SSSR count). The molecule has 0 saturated heterocycles. The lowest BCUT2D eigenvalue weighted by molar-refractivity contribution is 0.319. The SMILES string of the molecule is CC(C)c1cccc(C(C)C)c1NC(=CC1=NC(c2c(C(C)C)cccc2C(C)C)CO1)c1ccccc1. The zero-order valence-electron chi connectivity index (χ0n) is 24.4. The Morgan fingerprint density at radius 3 is 1.71 bits per heavy atom. The zero-order valence-corrected chi connectivity index (χ0v) is 24.4. The van der Waals surface area contributed by atoms with Crippen LogP contribution < -0.4 is 5.32 Å². The van der Waals surface area contributed by atoms with E-state index in [1.807, 2.05) is 0 Å². The quantitative estimate of drug-likeness (QED) is 0.312. The molecule has 1 heterocycles. The van der Waals surface area contributed by atoms with Crippen molar-refractivity contribution in [3.05, 3.63) is 106 Å². The Balaban J connectivity index is 1.79. The minimum atomic E-state index is 0.00319. The summed E-state index contributed by atoms with van der Waals surface area (Å²) < 4.78 is 6.27. The van der Waals surface area contributed by atoms with E-state index in [9.17, 15) is 0 Å². The first-order valence-electron chi connectivity index (χ1n) is 14.2. The van der Waals surface area contributed by atoms with Crippen LogP contribution in [0.2, 0.25) is 0 Å². The number of rotatable bonds is 9. The molecule has 0 aliphatic carbocycles. The summed E-state index contributed by atoms with van der Waals surface area (Å²) in [6.45, 7) is 18.6. The van der Waals surface area contributed by atoms with Crippen LogP contribution in [0.25, 0.3) is 5.70 Å². The van der Waals surface area contributed by atoms with E-state index in [-0.39, 0.29) is 6.04 Å². The summed E-state index contributed by atoms with van der Waals surface area (Å²) >= 11 is 0. The number of hydrogen-bond acceptors (Lipinski definition) is 3. The van der Waals surface area contributed by atoms with Crippen molar-refractivity contribution in [2.45, 2.75) is 85.1 Å². The van der Waals surface area contributed by atoms with Gasteiger partial charge in [0.25, 0.3) is 0 Å². The molecule has 1 atom stereocenters. The maximum atomic E-state index is 6.27. The molecule has 1 aliphatic heterocycles. The van der Waals surface area contributed by atoms with Gasteiger partial charge in [-0.2, -0.15) is 0 Å². The lowest BCUT2D eigenvalue weighted by atomic mass is 9.85. The van der Waals surface area contributed by atoms with Crippen LogP contribution in [0.1, 0.15) is 118 Å². The van der Waals surface area contributed by atoms with Gasteiger partial charge in [-0.25, -0.2) is 4.99 Å². The van der Waals surface area contributed by atoms with Crippen LogP contribution in [0.4, 0.5) is 5.69 Å². The van der Waals surface area contributed by atoms with E-state index in [2.05, 4.69) is 134 Å². The summed E-state index contributed by atoms with van der Waals surface area (Å²) in [6.07, 6.45) is 2.09. The monoisotopic (exact) mass is 508 g/mol. The highest BCUT2D eigenvalue weighted by Crippen LogP contribution is 2.38. The second-order valence-corrected chi connectivity index (χ2v) is 11.6. The molecule has 0 radical (unpaired) electrons. The molecule has 0 amide bonds. The van der Waals surface area contributed by atoms with E-state index < -0.39 is 0 Å². The summed E-state index contributed by atoms with van der Waals surface area (Å²) in [5.41, 5.74) is 10.0. The molecule has 1 aliphatic rings. The number of para-hydroxylation sites is 1. The van der Waals surface area contributed by atoms with Crippen LogP contribution in [0, 0.1) is 0 Å². The molecule has 38 heavy (non-hydrogen) atoms. The summed E-state index contributed by atoms with van der Waals surface area (Å²) in [5.74, 6) is 2.35. The number of anilines is 1. The Labute approximate surface area is 230 Å². The lowest BCUT2D eigenvalue weighted by Gasteiger charge is -2.22. The number of nitrogens with zero attached hydrogens (tertiary/aromatic N) is 1. The van der Waals surface area contributed by atoms with Gasteiger partial charge in [0.1, 0.15) is 12.6 Å².